The minimum absolute atomic E-state index is 0.0511. The molecule has 31 heavy (non-hydrogen) atoms. The Morgan fingerprint density at radius 1 is 1.06 bits per heavy atom. The molecule has 1 heterocycles. The number of ketones is 1. The third-order valence-corrected chi connectivity index (χ3v) is 6.89. The molecule has 0 unspecified atom stereocenters. The number of aryl methyl sites for hydroxylation is 1. The maximum absolute atomic E-state index is 13.0. The van der Waals surface area contributed by atoms with E-state index in [0.29, 0.717) is 30.1 Å². The number of benzene rings is 2. The van der Waals surface area contributed by atoms with Crippen molar-refractivity contribution in [2.45, 2.75) is 18.7 Å². The summed E-state index contributed by atoms with van der Waals surface area (Å²) in [7, 11) is -3.73. The van der Waals surface area contributed by atoms with E-state index in [9.17, 15) is 18.0 Å². The fraction of sp³-hybridized carbons (Fsp3) is 0.364. The van der Waals surface area contributed by atoms with Crippen molar-refractivity contribution in [3.63, 3.8) is 0 Å². The van der Waals surface area contributed by atoms with Crippen LogP contribution in [0.4, 0.5) is 0 Å². The maximum atomic E-state index is 13.0. The van der Waals surface area contributed by atoms with Gasteiger partial charge in [0.1, 0.15) is 19.0 Å². The zero-order valence-corrected chi connectivity index (χ0v) is 18.3. The molecule has 9 heteroatoms. The zero-order valence-electron chi connectivity index (χ0n) is 17.5. The van der Waals surface area contributed by atoms with Crippen molar-refractivity contribution < 1.29 is 32.2 Å². The number of para-hydroxylation sites is 1. The van der Waals surface area contributed by atoms with E-state index in [-0.39, 0.29) is 42.5 Å². The highest BCUT2D eigenvalue weighted by molar-refractivity contribution is 7.89. The lowest BCUT2D eigenvalue weighted by atomic mass is 10.1. The first-order valence-corrected chi connectivity index (χ1v) is 11.3. The monoisotopic (exact) mass is 447 g/mol. The van der Waals surface area contributed by atoms with Gasteiger partial charge in [-0.1, -0.05) is 18.2 Å². The predicted octanol–water partition coefficient (Wildman–Crippen LogP) is 2.45. The Morgan fingerprint density at radius 3 is 2.48 bits per heavy atom. The van der Waals surface area contributed by atoms with Gasteiger partial charge >= 0.3 is 5.97 Å². The van der Waals surface area contributed by atoms with Gasteiger partial charge in [-0.2, -0.15) is 4.31 Å². The van der Waals surface area contributed by atoms with Crippen LogP contribution in [0.25, 0.3) is 0 Å². The lowest BCUT2D eigenvalue weighted by molar-refractivity contribution is 0.0449. The molecule has 0 bridgehead atoms. The molecule has 8 nitrogen and oxygen atoms in total. The number of carbonyl (C=O) groups excluding carboxylic acids is 2. The van der Waals surface area contributed by atoms with Gasteiger partial charge in [0.15, 0.2) is 5.78 Å². The summed E-state index contributed by atoms with van der Waals surface area (Å²) in [4.78, 5) is 24.1. The van der Waals surface area contributed by atoms with Crippen LogP contribution in [-0.2, 0) is 19.5 Å². The molecule has 1 saturated heterocycles. The Balaban J connectivity index is 1.64. The van der Waals surface area contributed by atoms with Crippen LogP contribution in [0.1, 0.15) is 33.2 Å². The fourth-order valence-corrected chi connectivity index (χ4v) is 4.84. The normalized spacial score (nSPS) is 14.8. The average molecular weight is 448 g/mol. The number of sulfonamides is 1. The summed E-state index contributed by atoms with van der Waals surface area (Å²) in [6.45, 7) is 4.36. The second-order valence-electron chi connectivity index (χ2n) is 7.03. The molecule has 1 aliphatic heterocycles. The molecule has 0 saturated carbocycles. The summed E-state index contributed by atoms with van der Waals surface area (Å²) >= 11 is 0. The number of rotatable bonds is 8. The summed E-state index contributed by atoms with van der Waals surface area (Å²) in [5.74, 6) is -0.358. The number of carbonyl (C=O) groups is 2. The minimum atomic E-state index is -3.73. The first kappa shape index (κ1) is 22.9. The molecule has 0 atom stereocenters. The van der Waals surface area contributed by atoms with E-state index in [4.69, 9.17) is 14.2 Å². The number of ether oxygens (including phenoxy) is 3. The Morgan fingerprint density at radius 2 is 1.77 bits per heavy atom. The average Bonchev–Trinajstić information content (AvgIpc) is 2.77. The summed E-state index contributed by atoms with van der Waals surface area (Å²) in [5.41, 5.74) is 1.14. The third-order valence-electron chi connectivity index (χ3n) is 4.85. The number of Topliss-reactive ketones (excluding diaryl/α,β-unsaturated/α-hetero) is 1. The fourth-order valence-electron chi connectivity index (χ4n) is 3.18. The molecule has 0 aromatic heterocycles. The second kappa shape index (κ2) is 10.0. The summed E-state index contributed by atoms with van der Waals surface area (Å²) in [6.07, 6.45) is 0. The Hall–Kier alpha value is -2.75. The molecule has 0 aliphatic carbocycles. The van der Waals surface area contributed by atoms with E-state index in [2.05, 4.69) is 0 Å². The SMILES string of the molecule is CC(=O)c1ccccc1OCCOC(=O)c1ccc(C)c(S(=O)(=O)N2CCOCC2)c1. The summed E-state index contributed by atoms with van der Waals surface area (Å²) in [6, 6.07) is 11.3. The molecule has 1 fully saturated rings. The van der Waals surface area contributed by atoms with E-state index >= 15 is 0 Å². The van der Waals surface area contributed by atoms with Crippen LogP contribution in [0.5, 0.6) is 5.75 Å². The Labute approximate surface area is 181 Å². The van der Waals surface area contributed by atoms with Crippen molar-refractivity contribution in [3.05, 3.63) is 59.2 Å². The lowest BCUT2D eigenvalue weighted by Crippen LogP contribution is -2.40. The van der Waals surface area contributed by atoms with Crippen LogP contribution in [0, 0.1) is 6.92 Å². The van der Waals surface area contributed by atoms with E-state index in [1.54, 1.807) is 37.3 Å². The first-order chi connectivity index (χ1) is 14.8. The van der Waals surface area contributed by atoms with Gasteiger partial charge in [0, 0.05) is 13.1 Å². The lowest BCUT2D eigenvalue weighted by Gasteiger charge is -2.26. The highest BCUT2D eigenvalue weighted by atomic mass is 32.2. The largest absolute Gasteiger partial charge is 0.489 e. The molecule has 0 radical (unpaired) electrons. The number of hydrogen-bond acceptors (Lipinski definition) is 7. The van der Waals surface area contributed by atoms with Crippen molar-refractivity contribution in [1.82, 2.24) is 4.31 Å². The highest BCUT2D eigenvalue weighted by Gasteiger charge is 2.28. The predicted molar refractivity (Wildman–Crippen MR) is 113 cm³/mol. The number of morpholine rings is 1. The Kier molecular flexibility index (Phi) is 7.42. The van der Waals surface area contributed by atoms with Crippen LogP contribution in [-0.4, -0.2) is 64.0 Å². The van der Waals surface area contributed by atoms with Crippen LogP contribution in [0.15, 0.2) is 47.4 Å². The van der Waals surface area contributed by atoms with Crippen LogP contribution >= 0.6 is 0 Å². The molecule has 0 amide bonds. The molecular formula is C22H25NO7S. The van der Waals surface area contributed by atoms with Gasteiger partial charge in [-0.3, -0.25) is 4.79 Å². The number of hydrogen-bond donors (Lipinski definition) is 0. The van der Waals surface area contributed by atoms with Gasteiger partial charge in [-0.25, -0.2) is 13.2 Å². The second-order valence-corrected chi connectivity index (χ2v) is 8.94. The van der Waals surface area contributed by atoms with Crippen LogP contribution < -0.4 is 4.74 Å². The zero-order chi connectivity index (χ0) is 22.4. The van der Waals surface area contributed by atoms with Crippen molar-refractivity contribution >= 4 is 21.8 Å². The number of esters is 1. The molecular weight excluding hydrogens is 422 g/mol. The van der Waals surface area contributed by atoms with Gasteiger partial charge in [0.2, 0.25) is 10.0 Å². The standard InChI is InChI=1S/C22H25NO7S/c1-16-7-8-18(15-21(16)31(26,27)23-9-11-28-12-10-23)22(25)30-14-13-29-20-6-4-3-5-19(20)17(2)24/h3-8,15H,9-14H2,1-2H3. The minimum Gasteiger partial charge on any atom is -0.489 e. The molecule has 2 aromatic carbocycles. The van der Waals surface area contributed by atoms with Gasteiger partial charge in [-0.05, 0) is 43.7 Å². The van der Waals surface area contributed by atoms with Gasteiger partial charge < -0.3 is 14.2 Å². The smallest absolute Gasteiger partial charge is 0.338 e. The van der Waals surface area contributed by atoms with E-state index in [1.807, 2.05) is 0 Å². The van der Waals surface area contributed by atoms with E-state index in [0.717, 1.165) is 0 Å². The molecule has 3 rings (SSSR count). The quantitative estimate of drug-likeness (QED) is 0.348. The molecule has 0 N–H and O–H groups in total. The number of nitrogens with zero attached hydrogens (tertiary/aromatic N) is 1. The van der Waals surface area contributed by atoms with Crippen molar-refractivity contribution in [2.24, 2.45) is 0 Å². The van der Waals surface area contributed by atoms with Crippen LogP contribution in [0.3, 0.4) is 0 Å². The topological polar surface area (TPSA) is 99.2 Å². The molecule has 0 spiro atoms. The van der Waals surface area contributed by atoms with Crippen molar-refractivity contribution in [1.29, 1.82) is 0 Å². The molecule has 1 aliphatic rings. The first-order valence-electron chi connectivity index (χ1n) is 9.89. The van der Waals surface area contributed by atoms with E-state index < -0.39 is 16.0 Å². The molecule has 2 aromatic rings. The van der Waals surface area contributed by atoms with Crippen molar-refractivity contribution in [2.75, 3.05) is 39.5 Å². The maximum Gasteiger partial charge on any atom is 0.338 e. The van der Waals surface area contributed by atoms with Gasteiger partial charge in [0.25, 0.3) is 0 Å². The van der Waals surface area contributed by atoms with Crippen molar-refractivity contribution in [3.8, 4) is 5.75 Å². The van der Waals surface area contributed by atoms with Gasteiger partial charge in [0.05, 0.1) is 29.2 Å². The molecule has 166 valence electrons. The van der Waals surface area contributed by atoms with Gasteiger partial charge in [-0.15, -0.1) is 0 Å². The summed E-state index contributed by atoms with van der Waals surface area (Å²) < 4.78 is 43.3. The highest BCUT2D eigenvalue weighted by Crippen LogP contribution is 2.23. The third kappa shape index (κ3) is 5.49. The van der Waals surface area contributed by atoms with Crippen LogP contribution in [0.2, 0.25) is 0 Å². The Bertz CT molecular complexity index is 1060. The van der Waals surface area contributed by atoms with E-state index in [1.165, 1.54) is 23.4 Å². The summed E-state index contributed by atoms with van der Waals surface area (Å²) in [5, 5.41) is 0.